The molecule has 1 rings (SSSR count). The van der Waals surface area contributed by atoms with Crippen LogP contribution in [0.1, 0.15) is 32.6 Å². The van der Waals surface area contributed by atoms with E-state index in [1.165, 1.54) is 25.7 Å². The quantitative estimate of drug-likeness (QED) is 0.404. The predicted molar refractivity (Wildman–Crippen MR) is 59.5 cm³/mol. The lowest BCUT2D eigenvalue weighted by Gasteiger charge is -2.23. The molecule has 4 heteroatoms. The number of nitrogens with two attached hydrogens (primary N) is 1. The maximum Gasteiger partial charge on any atom is 0.184 e. The van der Waals surface area contributed by atoms with Gasteiger partial charge in [0.15, 0.2) is 5.11 Å². The lowest BCUT2D eigenvalue weighted by molar-refractivity contribution is 0.343. The van der Waals surface area contributed by atoms with Crippen LogP contribution in [-0.2, 0) is 0 Å². The Bertz CT molecular complexity index is 203. The standard InChI is InChI=1S/C9H17N3S/c1-7-3-2-4-8(5-7)6-11-12-9(10)13/h6-8H,2-5H2,1H3,(H3,10,12,13). The van der Waals surface area contributed by atoms with Gasteiger partial charge >= 0.3 is 0 Å². The molecule has 0 radical (unpaired) electrons. The molecule has 0 aromatic rings. The fraction of sp³-hybridized carbons (Fsp3) is 0.778. The van der Waals surface area contributed by atoms with E-state index in [1.807, 2.05) is 6.21 Å². The van der Waals surface area contributed by atoms with Gasteiger partial charge in [0.2, 0.25) is 0 Å². The van der Waals surface area contributed by atoms with Gasteiger partial charge in [0.1, 0.15) is 0 Å². The minimum absolute atomic E-state index is 0.236. The van der Waals surface area contributed by atoms with Crippen molar-refractivity contribution in [2.24, 2.45) is 22.7 Å². The molecule has 0 spiro atoms. The molecule has 1 saturated carbocycles. The molecule has 0 heterocycles. The SMILES string of the molecule is CC1CCCC(C=NNC(N)=S)C1. The van der Waals surface area contributed by atoms with Crippen molar-refractivity contribution in [1.82, 2.24) is 5.43 Å². The van der Waals surface area contributed by atoms with Gasteiger partial charge in [-0.2, -0.15) is 5.10 Å². The number of hydrogen-bond acceptors (Lipinski definition) is 2. The van der Waals surface area contributed by atoms with Crippen molar-refractivity contribution >= 4 is 23.5 Å². The van der Waals surface area contributed by atoms with Crippen LogP contribution in [0.3, 0.4) is 0 Å². The third-order valence-corrected chi connectivity index (χ3v) is 2.53. The predicted octanol–water partition coefficient (Wildman–Crippen LogP) is 1.63. The molecule has 1 aliphatic carbocycles. The first-order valence-electron chi connectivity index (χ1n) is 4.77. The summed E-state index contributed by atoms with van der Waals surface area (Å²) in [6.45, 7) is 2.29. The highest BCUT2D eigenvalue weighted by Crippen LogP contribution is 2.26. The van der Waals surface area contributed by atoms with E-state index in [-0.39, 0.29) is 5.11 Å². The maximum atomic E-state index is 5.24. The Morgan fingerprint density at radius 3 is 3.00 bits per heavy atom. The third-order valence-electron chi connectivity index (χ3n) is 2.44. The summed E-state index contributed by atoms with van der Waals surface area (Å²) in [7, 11) is 0. The minimum atomic E-state index is 0.236. The van der Waals surface area contributed by atoms with E-state index in [1.54, 1.807) is 0 Å². The van der Waals surface area contributed by atoms with Crippen molar-refractivity contribution in [3.63, 3.8) is 0 Å². The molecule has 1 fully saturated rings. The van der Waals surface area contributed by atoms with Gasteiger partial charge in [-0.15, -0.1) is 0 Å². The summed E-state index contributed by atoms with van der Waals surface area (Å²) < 4.78 is 0. The van der Waals surface area contributed by atoms with Crippen LogP contribution in [0.15, 0.2) is 5.10 Å². The monoisotopic (exact) mass is 199 g/mol. The molecule has 2 unspecified atom stereocenters. The Balaban J connectivity index is 2.27. The Kier molecular flexibility index (Phi) is 4.15. The van der Waals surface area contributed by atoms with Crippen molar-refractivity contribution < 1.29 is 0 Å². The van der Waals surface area contributed by atoms with E-state index in [9.17, 15) is 0 Å². The maximum absolute atomic E-state index is 5.24. The molecule has 0 bridgehead atoms. The molecule has 1 aliphatic rings. The number of nitrogens with one attached hydrogen (secondary N) is 1. The van der Waals surface area contributed by atoms with Crippen LogP contribution in [0.2, 0.25) is 0 Å². The molecule has 0 aromatic carbocycles. The average molecular weight is 199 g/mol. The topological polar surface area (TPSA) is 50.4 Å². The van der Waals surface area contributed by atoms with Gasteiger partial charge in [0.05, 0.1) is 0 Å². The fourth-order valence-corrected chi connectivity index (χ4v) is 1.88. The Hall–Kier alpha value is -0.640. The summed E-state index contributed by atoms with van der Waals surface area (Å²) in [6.07, 6.45) is 7.09. The van der Waals surface area contributed by atoms with Gasteiger partial charge in [0, 0.05) is 6.21 Å². The molecular formula is C9H17N3S. The molecule has 3 N–H and O–H groups in total. The van der Waals surface area contributed by atoms with Gasteiger partial charge in [-0.1, -0.05) is 19.8 Å². The second-order valence-corrected chi connectivity index (χ2v) is 4.23. The molecule has 0 amide bonds. The van der Waals surface area contributed by atoms with Crippen molar-refractivity contribution in [3.05, 3.63) is 0 Å². The van der Waals surface area contributed by atoms with Gasteiger partial charge in [-0.05, 0) is 36.9 Å². The highest BCUT2D eigenvalue weighted by molar-refractivity contribution is 7.80. The molecular weight excluding hydrogens is 182 g/mol. The van der Waals surface area contributed by atoms with Crippen molar-refractivity contribution in [1.29, 1.82) is 0 Å². The van der Waals surface area contributed by atoms with Gasteiger partial charge in [0.25, 0.3) is 0 Å². The Morgan fingerprint density at radius 2 is 2.38 bits per heavy atom. The van der Waals surface area contributed by atoms with Gasteiger partial charge in [-0.3, -0.25) is 5.43 Å². The molecule has 2 atom stereocenters. The number of thiocarbonyl (C=S) groups is 1. The molecule has 3 nitrogen and oxygen atoms in total. The molecule has 0 saturated heterocycles. The van der Waals surface area contributed by atoms with Crippen molar-refractivity contribution in [3.8, 4) is 0 Å². The smallest absolute Gasteiger partial charge is 0.184 e. The van der Waals surface area contributed by atoms with Crippen LogP contribution in [0.25, 0.3) is 0 Å². The van der Waals surface area contributed by atoms with Crippen LogP contribution in [0.5, 0.6) is 0 Å². The fourth-order valence-electron chi connectivity index (χ4n) is 1.82. The van der Waals surface area contributed by atoms with Crippen molar-refractivity contribution in [2.75, 3.05) is 0 Å². The number of hydrazone groups is 1. The summed E-state index contributed by atoms with van der Waals surface area (Å²) in [5.74, 6) is 1.43. The zero-order valence-corrected chi connectivity index (χ0v) is 8.81. The van der Waals surface area contributed by atoms with E-state index in [2.05, 4.69) is 29.7 Å². The summed E-state index contributed by atoms with van der Waals surface area (Å²) in [6, 6.07) is 0. The lowest BCUT2D eigenvalue weighted by atomic mass is 9.83. The summed E-state index contributed by atoms with van der Waals surface area (Å²) >= 11 is 4.64. The lowest BCUT2D eigenvalue weighted by Crippen LogP contribution is -2.25. The summed E-state index contributed by atoms with van der Waals surface area (Å²) in [4.78, 5) is 0. The minimum Gasteiger partial charge on any atom is -0.375 e. The molecule has 0 aliphatic heterocycles. The van der Waals surface area contributed by atoms with Crippen LogP contribution < -0.4 is 11.2 Å². The zero-order valence-electron chi connectivity index (χ0n) is 7.99. The van der Waals surface area contributed by atoms with E-state index < -0.39 is 0 Å². The highest BCUT2D eigenvalue weighted by atomic mass is 32.1. The Morgan fingerprint density at radius 1 is 1.62 bits per heavy atom. The highest BCUT2D eigenvalue weighted by Gasteiger charge is 2.16. The second kappa shape index (κ2) is 5.17. The van der Waals surface area contributed by atoms with Crippen LogP contribution in [0, 0.1) is 11.8 Å². The van der Waals surface area contributed by atoms with E-state index in [0.717, 1.165) is 5.92 Å². The second-order valence-electron chi connectivity index (χ2n) is 3.79. The molecule has 0 aromatic heterocycles. The number of hydrogen-bond donors (Lipinski definition) is 2. The van der Waals surface area contributed by atoms with Gasteiger partial charge in [-0.25, -0.2) is 0 Å². The van der Waals surface area contributed by atoms with Crippen molar-refractivity contribution in [2.45, 2.75) is 32.6 Å². The van der Waals surface area contributed by atoms with Gasteiger partial charge < -0.3 is 5.73 Å². The largest absolute Gasteiger partial charge is 0.375 e. The third kappa shape index (κ3) is 4.22. The van der Waals surface area contributed by atoms with Crippen LogP contribution >= 0.6 is 12.2 Å². The first-order chi connectivity index (χ1) is 6.18. The average Bonchev–Trinajstić information content (AvgIpc) is 2.03. The van der Waals surface area contributed by atoms with Crippen LogP contribution in [0.4, 0.5) is 0 Å². The Labute approximate surface area is 84.8 Å². The number of nitrogens with zero attached hydrogens (tertiary/aromatic N) is 1. The molecule has 13 heavy (non-hydrogen) atoms. The first-order valence-corrected chi connectivity index (χ1v) is 5.18. The number of rotatable bonds is 2. The van der Waals surface area contributed by atoms with Crippen LogP contribution in [-0.4, -0.2) is 11.3 Å². The summed E-state index contributed by atoms with van der Waals surface area (Å²) in [5.41, 5.74) is 7.83. The van der Waals surface area contributed by atoms with E-state index in [4.69, 9.17) is 5.73 Å². The van der Waals surface area contributed by atoms with E-state index >= 15 is 0 Å². The first kappa shape index (κ1) is 10.4. The summed E-state index contributed by atoms with van der Waals surface area (Å²) in [5, 5.41) is 4.22. The van der Waals surface area contributed by atoms with E-state index in [0.29, 0.717) is 5.92 Å². The molecule has 74 valence electrons. The zero-order chi connectivity index (χ0) is 9.68. The normalized spacial score (nSPS) is 29.0.